The van der Waals surface area contributed by atoms with Gasteiger partial charge in [-0.1, -0.05) is 71.1 Å². The minimum Gasteiger partial charge on any atom is -0.411 e. The van der Waals surface area contributed by atoms with Crippen LogP contribution < -0.4 is 5.73 Å². The third-order valence-electron chi connectivity index (χ3n) is 5.57. The Bertz CT molecular complexity index is 287. The van der Waals surface area contributed by atoms with Gasteiger partial charge >= 0.3 is 0 Å². The van der Waals surface area contributed by atoms with Crippen molar-refractivity contribution in [2.75, 3.05) is 0 Å². The largest absolute Gasteiger partial charge is 0.411 e. The molecule has 1 rings (SSSR count). The van der Waals surface area contributed by atoms with E-state index in [1.807, 2.05) is 0 Å². The summed E-state index contributed by atoms with van der Waals surface area (Å²) in [4.78, 5) is 0. The first kappa shape index (κ1) is 20.5. The highest BCUT2D eigenvalue weighted by atomic mass is 16.4. The van der Waals surface area contributed by atoms with Gasteiger partial charge in [-0.15, -0.1) is 5.16 Å². The quantitative estimate of drug-likeness (QED) is 0.181. The lowest BCUT2D eigenvalue weighted by Gasteiger charge is -2.18. The topological polar surface area (TPSA) is 58.6 Å². The van der Waals surface area contributed by atoms with Crippen LogP contribution in [-0.4, -0.2) is 17.5 Å². The fourth-order valence-electron chi connectivity index (χ4n) is 3.97. The summed E-state index contributed by atoms with van der Waals surface area (Å²) in [5.41, 5.74) is 6.31. The minimum absolute atomic E-state index is 0.467. The molecule has 136 valence electrons. The molecule has 3 heteroatoms. The standard InChI is InChI=1S/C20H40N2O/c1-2-3-12-18(17-22-23)13-8-6-4-5-7-9-16-20(21)19-14-10-11-15-19/h17-20,23H,2-16,21H2,1H3. The van der Waals surface area contributed by atoms with E-state index in [-0.39, 0.29) is 0 Å². The summed E-state index contributed by atoms with van der Waals surface area (Å²) in [6, 6.07) is 0.467. The molecular formula is C20H40N2O. The van der Waals surface area contributed by atoms with Gasteiger partial charge in [0.1, 0.15) is 0 Å². The maximum absolute atomic E-state index is 8.72. The highest BCUT2D eigenvalue weighted by Crippen LogP contribution is 2.28. The van der Waals surface area contributed by atoms with Crippen molar-refractivity contribution in [1.29, 1.82) is 0 Å². The van der Waals surface area contributed by atoms with E-state index in [2.05, 4.69) is 12.1 Å². The number of oxime groups is 1. The lowest BCUT2D eigenvalue weighted by molar-refractivity contribution is 0.316. The van der Waals surface area contributed by atoms with Gasteiger partial charge in [-0.25, -0.2) is 0 Å². The fraction of sp³-hybridized carbons (Fsp3) is 0.950. The van der Waals surface area contributed by atoms with E-state index >= 15 is 0 Å². The average Bonchev–Trinajstić information content (AvgIpc) is 3.09. The van der Waals surface area contributed by atoms with Gasteiger partial charge in [0, 0.05) is 12.3 Å². The van der Waals surface area contributed by atoms with Gasteiger partial charge in [-0.05, 0) is 43.9 Å². The second kappa shape index (κ2) is 13.8. The number of hydrogen-bond donors (Lipinski definition) is 2. The Labute approximate surface area is 144 Å². The summed E-state index contributed by atoms with van der Waals surface area (Å²) in [6.45, 7) is 2.21. The Hall–Kier alpha value is -0.570. The van der Waals surface area contributed by atoms with Gasteiger partial charge in [0.2, 0.25) is 0 Å². The molecule has 0 aliphatic heterocycles. The van der Waals surface area contributed by atoms with Crippen LogP contribution in [0, 0.1) is 11.8 Å². The average molecular weight is 325 g/mol. The van der Waals surface area contributed by atoms with Crippen molar-refractivity contribution in [1.82, 2.24) is 0 Å². The van der Waals surface area contributed by atoms with Crippen molar-refractivity contribution < 1.29 is 5.21 Å². The van der Waals surface area contributed by atoms with Crippen LogP contribution in [0.15, 0.2) is 5.16 Å². The first-order chi connectivity index (χ1) is 11.3. The van der Waals surface area contributed by atoms with E-state index in [1.165, 1.54) is 96.3 Å². The summed E-state index contributed by atoms with van der Waals surface area (Å²) in [7, 11) is 0. The Morgan fingerprint density at radius 2 is 1.52 bits per heavy atom. The van der Waals surface area contributed by atoms with Crippen molar-refractivity contribution in [2.24, 2.45) is 22.7 Å². The highest BCUT2D eigenvalue weighted by molar-refractivity contribution is 5.59. The van der Waals surface area contributed by atoms with Gasteiger partial charge in [0.25, 0.3) is 0 Å². The van der Waals surface area contributed by atoms with Crippen LogP contribution in [0.2, 0.25) is 0 Å². The van der Waals surface area contributed by atoms with Crippen molar-refractivity contribution in [3.63, 3.8) is 0 Å². The number of hydrogen-bond acceptors (Lipinski definition) is 3. The van der Waals surface area contributed by atoms with Gasteiger partial charge in [-0.2, -0.15) is 0 Å². The molecule has 0 amide bonds. The van der Waals surface area contributed by atoms with E-state index in [0.717, 1.165) is 5.92 Å². The molecule has 1 saturated carbocycles. The lowest BCUT2D eigenvalue weighted by Crippen LogP contribution is -2.28. The molecule has 0 aromatic carbocycles. The second-order valence-electron chi connectivity index (χ2n) is 7.57. The smallest absolute Gasteiger partial charge is 0.0466 e. The maximum Gasteiger partial charge on any atom is 0.0466 e. The van der Waals surface area contributed by atoms with Crippen molar-refractivity contribution in [2.45, 2.75) is 109 Å². The molecule has 0 saturated heterocycles. The van der Waals surface area contributed by atoms with E-state index in [9.17, 15) is 0 Å². The number of rotatable bonds is 14. The Kier molecular flexibility index (Phi) is 12.3. The molecule has 0 spiro atoms. The number of unbranched alkanes of at least 4 members (excludes halogenated alkanes) is 6. The van der Waals surface area contributed by atoms with Crippen molar-refractivity contribution in [3.8, 4) is 0 Å². The zero-order valence-electron chi connectivity index (χ0n) is 15.4. The first-order valence-corrected chi connectivity index (χ1v) is 10.2. The molecule has 1 aliphatic rings. The third-order valence-corrected chi connectivity index (χ3v) is 5.57. The molecule has 0 bridgehead atoms. The molecule has 23 heavy (non-hydrogen) atoms. The maximum atomic E-state index is 8.72. The zero-order valence-corrected chi connectivity index (χ0v) is 15.4. The van der Waals surface area contributed by atoms with Crippen LogP contribution in [0.5, 0.6) is 0 Å². The van der Waals surface area contributed by atoms with Crippen LogP contribution >= 0.6 is 0 Å². The molecule has 2 unspecified atom stereocenters. The van der Waals surface area contributed by atoms with Gasteiger partial charge in [0.05, 0.1) is 0 Å². The lowest BCUT2D eigenvalue weighted by atomic mass is 9.93. The summed E-state index contributed by atoms with van der Waals surface area (Å²) < 4.78 is 0. The molecular weight excluding hydrogens is 284 g/mol. The predicted octanol–water partition coefficient (Wildman–Crippen LogP) is 5.89. The van der Waals surface area contributed by atoms with Crippen molar-refractivity contribution in [3.05, 3.63) is 0 Å². The SMILES string of the molecule is CCCCC(C=NO)CCCCCCCCC(N)C1CCCC1. The summed E-state index contributed by atoms with van der Waals surface area (Å²) >= 11 is 0. The van der Waals surface area contributed by atoms with Crippen molar-refractivity contribution >= 4 is 6.21 Å². The third kappa shape index (κ3) is 10.0. The molecule has 2 atom stereocenters. The summed E-state index contributed by atoms with van der Waals surface area (Å²) in [5, 5.41) is 12.0. The van der Waals surface area contributed by atoms with Crippen LogP contribution in [0.3, 0.4) is 0 Å². The zero-order chi connectivity index (χ0) is 16.8. The van der Waals surface area contributed by atoms with E-state index in [4.69, 9.17) is 10.9 Å². The summed E-state index contributed by atoms with van der Waals surface area (Å²) in [6.07, 6.45) is 21.3. The molecule has 1 aliphatic carbocycles. The van der Waals surface area contributed by atoms with Crippen LogP contribution in [0.25, 0.3) is 0 Å². The van der Waals surface area contributed by atoms with Gasteiger partial charge in [0.15, 0.2) is 0 Å². The molecule has 0 radical (unpaired) electrons. The Morgan fingerprint density at radius 1 is 0.957 bits per heavy atom. The first-order valence-electron chi connectivity index (χ1n) is 10.2. The van der Waals surface area contributed by atoms with Crippen LogP contribution in [0.1, 0.15) is 103 Å². The van der Waals surface area contributed by atoms with Crippen LogP contribution in [0.4, 0.5) is 0 Å². The fourth-order valence-corrected chi connectivity index (χ4v) is 3.97. The summed E-state index contributed by atoms with van der Waals surface area (Å²) in [5.74, 6) is 1.30. The molecule has 3 N–H and O–H groups in total. The van der Waals surface area contributed by atoms with Gasteiger partial charge < -0.3 is 10.9 Å². The van der Waals surface area contributed by atoms with Gasteiger partial charge in [-0.3, -0.25) is 0 Å². The Morgan fingerprint density at radius 3 is 2.13 bits per heavy atom. The molecule has 3 nitrogen and oxygen atoms in total. The number of nitrogens with two attached hydrogens (primary N) is 1. The Balaban J connectivity index is 1.92. The molecule has 0 heterocycles. The highest BCUT2D eigenvalue weighted by Gasteiger charge is 2.21. The van der Waals surface area contributed by atoms with Crippen LogP contribution in [-0.2, 0) is 0 Å². The van der Waals surface area contributed by atoms with E-state index < -0.39 is 0 Å². The minimum atomic E-state index is 0.467. The molecule has 0 aromatic rings. The van der Waals surface area contributed by atoms with E-state index in [0.29, 0.717) is 12.0 Å². The number of nitrogens with zero attached hydrogens (tertiary/aromatic N) is 1. The normalized spacial score (nSPS) is 18.7. The predicted molar refractivity (Wildman–Crippen MR) is 100 cm³/mol. The molecule has 0 aromatic heterocycles. The second-order valence-corrected chi connectivity index (χ2v) is 7.57. The van der Waals surface area contributed by atoms with E-state index in [1.54, 1.807) is 6.21 Å². The monoisotopic (exact) mass is 324 g/mol. The molecule has 1 fully saturated rings.